The van der Waals surface area contributed by atoms with Crippen molar-refractivity contribution in [3.05, 3.63) is 0 Å². The van der Waals surface area contributed by atoms with Crippen LogP contribution >= 0.6 is 0 Å². The van der Waals surface area contributed by atoms with Gasteiger partial charge >= 0.3 is 0 Å². The molecular formula is C2H2O2Ti. The zero-order chi connectivity index (χ0) is 3.41. The van der Waals surface area contributed by atoms with Crippen LogP contribution in [0.4, 0.5) is 0 Å². The van der Waals surface area contributed by atoms with Crippen molar-refractivity contribution in [2.24, 2.45) is 0 Å². The SMILES string of the molecule is O=CC=O.[Ti]. The van der Waals surface area contributed by atoms with E-state index < -0.39 is 0 Å². The number of hydrogen-bond donors (Lipinski definition) is 0. The molecule has 26 valence electrons. The summed E-state index contributed by atoms with van der Waals surface area (Å²) in [5.74, 6) is 0. The first-order chi connectivity index (χ1) is 1.91. The standard InChI is InChI=1S/C2H2O2.Ti/c3-1-2-4;/h1-2H;. The van der Waals surface area contributed by atoms with Crippen molar-refractivity contribution < 1.29 is 31.3 Å². The second kappa shape index (κ2) is 8.96. The van der Waals surface area contributed by atoms with Crippen LogP contribution in [0.5, 0.6) is 0 Å². The fourth-order valence-corrected chi connectivity index (χ4v) is 0. The van der Waals surface area contributed by atoms with Crippen LogP contribution in [0.1, 0.15) is 0 Å². The second-order valence-corrected chi connectivity index (χ2v) is 0.272. The average molecular weight is 106 g/mol. The molecule has 0 aliphatic carbocycles. The number of hydrogen-bond acceptors (Lipinski definition) is 2. The smallest absolute Gasteiger partial charge is 0.182 e. The first-order valence-electron chi connectivity index (χ1n) is 0.805. The van der Waals surface area contributed by atoms with Crippen LogP contribution in [-0.4, -0.2) is 12.6 Å². The third kappa shape index (κ3) is 15.4. The zero-order valence-electron chi connectivity index (χ0n) is 2.47. The largest absolute Gasteiger partial charge is 0.295 e. The summed E-state index contributed by atoms with van der Waals surface area (Å²) in [6.07, 6.45) is 0.389. The Labute approximate surface area is 44.4 Å². The van der Waals surface area contributed by atoms with Gasteiger partial charge in [-0.1, -0.05) is 0 Å². The predicted octanol–water partition coefficient (Wildman–Crippen LogP) is -0.618. The molecule has 0 N–H and O–H groups in total. The molecule has 0 saturated heterocycles. The maximum absolute atomic E-state index is 8.81. The molecule has 0 unspecified atom stereocenters. The molecule has 0 amide bonds. The average Bonchev–Trinajstić information content (AvgIpc) is 1.37. The fourth-order valence-electron chi connectivity index (χ4n) is 0. The van der Waals surface area contributed by atoms with E-state index in [9.17, 15) is 0 Å². The molecule has 0 aliphatic rings. The maximum atomic E-state index is 8.81. The zero-order valence-corrected chi connectivity index (χ0v) is 4.03. The van der Waals surface area contributed by atoms with Crippen molar-refractivity contribution in [1.29, 1.82) is 0 Å². The minimum atomic E-state index is 0. The van der Waals surface area contributed by atoms with Crippen molar-refractivity contribution in [3.8, 4) is 0 Å². The molecule has 0 rings (SSSR count). The van der Waals surface area contributed by atoms with Crippen LogP contribution in [-0.2, 0) is 31.3 Å². The maximum Gasteiger partial charge on any atom is 0.182 e. The first-order valence-corrected chi connectivity index (χ1v) is 0.805. The summed E-state index contributed by atoms with van der Waals surface area (Å²) >= 11 is 0. The summed E-state index contributed by atoms with van der Waals surface area (Å²) in [5.41, 5.74) is 0. The van der Waals surface area contributed by atoms with Gasteiger partial charge in [0, 0.05) is 21.7 Å². The predicted molar refractivity (Wildman–Crippen MR) is 12.1 cm³/mol. The minimum absolute atomic E-state index is 0. The molecule has 0 aliphatic heterocycles. The Hall–Kier alpha value is 0.0543. The molecule has 0 aromatic heterocycles. The van der Waals surface area contributed by atoms with E-state index in [1.54, 1.807) is 0 Å². The van der Waals surface area contributed by atoms with Gasteiger partial charge in [0.2, 0.25) is 0 Å². The Kier molecular flexibility index (Phi) is 16.0. The summed E-state index contributed by atoms with van der Waals surface area (Å²) in [4.78, 5) is 17.6. The van der Waals surface area contributed by atoms with E-state index in [1.807, 2.05) is 0 Å². The summed E-state index contributed by atoms with van der Waals surface area (Å²) in [6, 6.07) is 0. The Balaban J connectivity index is 0. The van der Waals surface area contributed by atoms with Crippen molar-refractivity contribution >= 4 is 12.6 Å². The van der Waals surface area contributed by atoms with E-state index in [0.29, 0.717) is 0 Å². The van der Waals surface area contributed by atoms with Gasteiger partial charge in [0.25, 0.3) is 0 Å². The van der Waals surface area contributed by atoms with Crippen LogP contribution in [0.2, 0.25) is 0 Å². The van der Waals surface area contributed by atoms with Crippen molar-refractivity contribution in [2.45, 2.75) is 0 Å². The number of rotatable bonds is 1. The Morgan fingerprint density at radius 3 is 1.20 bits per heavy atom. The van der Waals surface area contributed by atoms with E-state index in [1.165, 1.54) is 0 Å². The van der Waals surface area contributed by atoms with Gasteiger partial charge in [0.15, 0.2) is 12.6 Å². The first kappa shape index (κ1) is 8.91. The monoisotopic (exact) mass is 106 g/mol. The van der Waals surface area contributed by atoms with Crippen LogP contribution in [0.3, 0.4) is 0 Å². The van der Waals surface area contributed by atoms with Crippen LogP contribution in [0.15, 0.2) is 0 Å². The number of carbonyl (C=O) groups is 2. The molecule has 0 aromatic rings. The van der Waals surface area contributed by atoms with Crippen molar-refractivity contribution in [3.63, 3.8) is 0 Å². The molecule has 0 aromatic carbocycles. The van der Waals surface area contributed by atoms with E-state index in [-0.39, 0.29) is 34.3 Å². The Morgan fingerprint density at radius 1 is 1.00 bits per heavy atom. The van der Waals surface area contributed by atoms with Gasteiger partial charge in [0.05, 0.1) is 0 Å². The van der Waals surface area contributed by atoms with E-state index in [4.69, 9.17) is 9.59 Å². The van der Waals surface area contributed by atoms with Gasteiger partial charge in [-0.2, -0.15) is 0 Å². The van der Waals surface area contributed by atoms with Crippen molar-refractivity contribution in [2.75, 3.05) is 0 Å². The van der Waals surface area contributed by atoms with E-state index >= 15 is 0 Å². The quantitative estimate of drug-likeness (QED) is 0.253. The van der Waals surface area contributed by atoms with Crippen LogP contribution < -0.4 is 0 Å². The summed E-state index contributed by atoms with van der Waals surface area (Å²) in [5, 5.41) is 0. The van der Waals surface area contributed by atoms with Gasteiger partial charge in [-0.3, -0.25) is 9.59 Å². The Bertz CT molecular complexity index is 28.6. The van der Waals surface area contributed by atoms with Gasteiger partial charge in [0.1, 0.15) is 0 Å². The minimum Gasteiger partial charge on any atom is -0.295 e. The van der Waals surface area contributed by atoms with Gasteiger partial charge in [-0.25, -0.2) is 0 Å². The van der Waals surface area contributed by atoms with Gasteiger partial charge in [-0.05, 0) is 0 Å². The molecule has 5 heavy (non-hydrogen) atoms. The van der Waals surface area contributed by atoms with Crippen LogP contribution in [0, 0.1) is 0 Å². The molecule has 2 nitrogen and oxygen atoms in total. The molecule has 3 heteroatoms. The third-order valence-electron chi connectivity index (χ3n) is 0.0556. The topological polar surface area (TPSA) is 34.1 Å². The summed E-state index contributed by atoms with van der Waals surface area (Å²) < 4.78 is 0. The Morgan fingerprint density at radius 2 is 1.20 bits per heavy atom. The van der Waals surface area contributed by atoms with Gasteiger partial charge < -0.3 is 0 Å². The third-order valence-corrected chi connectivity index (χ3v) is 0.0556. The second-order valence-electron chi connectivity index (χ2n) is 0.272. The molecule has 0 heterocycles. The summed E-state index contributed by atoms with van der Waals surface area (Å²) in [7, 11) is 0. The number of carbonyl (C=O) groups excluding carboxylic acids is 2. The number of aldehydes is 2. The molecule has 0 bridgehead atoms. The molecule has 0 radical (unpaired) electrons. The van der Waals surface area contributed by atoms with Crippen molar-refractivity contribution in [1.82, 2.24) is 0 Å². The molecule has 0 spiro atoms. The van der Waals surface area contributed by atoms with Crippen LogP contribution in [0.25, 0.3) is 0 Å². The molecule has 0 fully saturated rings. The fraction of sp³-hybridized carbons (Fsp3) is 0. The normalized spacial score (nSPS) is 4.00. The van der Waals surface area contributed by atoms with E-state index in [2.05, 4.69) is 0 Å². The van der Waals surface area contributed by atoms with E-state index in [0.717, 1.165) is 0 Å². The molecule has 0 atom stereocenters. The molecular weight excluding hydrogens is 104 g/mol. The molecule has 0 saturated carbocycles. The van der Waals surface area contributed by atoms with Gasteiger partial charge in [-0.15, -0.1) is 0 Å². The summed E-state index contributed by atoms with van der Waals surface area (Å²) in [6.45, 7) is 0.